The van der Waals surface area contributed by atoms with E-state index in [0.717, 1.165) is 5.69 Å². The number of hydrogen-bond acceptors (Lipinski definition) is 2. The van der Waals surface area contributed by atoms with Crippen molar-refractivity contribution in [1.29, 1.82) is 0 Å². The van der Waals surface area contributed by atoms with Crippen LogP contribution in [0.5, 0.6) is 0 Å². The molecule has 0 spiro atoms. The molecule has 6 heteroatoms. The molecule has 1 saturated heterocycles. The Bertz CT molecular complexity index is 457. The molecule has 6 nitrogen and oxygen atoms in total. The third-order valence-electron chi connectivity index (χ3n) is 3.41. The number of H-pyrrole nitrogens is 1. The second kappa shape index (κ2) is 3.51. The van der Waals surface area contributed by atoms with Gasteiger partial charge in [0.25, 0.3) is 0 Å². The fraction of sp³-hybridized carbons (Fsp3) is 0.455. The number of urea groups is 1. The van der Waals surface area contributed by atoms with Gasteiger partial charge in [0, 0.05) is 24.5 Å². The van der Waals surface area contributed by atoms with Gasteiger partial charge in [0.15, 0.2) is 0 Å². The molecule has 1 aromatic heterocycles. The van der Waals surface area contributed by atoms with Gasteiger partial charge in [-0.3, -0.25) is 4.79 Å². The Balaban J connectivity index is 1.69. The standard InChI is InChI=1S/C11H13N3O3/c15-10(16)6-4-9(6)14-5-8(13-11(14)17)7-2-1-3-12-7/h1-3,6,8-9,12H,4-5H2,(H,13,17)(H,15,16). The zero-order valence-electron chi connectivity index (χ0n) is 9.09. The number of amides is 2. The molecule has 1 aliphatic heterocycles. The number of carbonyl (C=O) groups is 2. The highest BCUT2D eigenvalue weighted by Crippen LogP contribution is 2.38. The van der Waals surface area contributed by atoms with E-state index in [4.69, 9.17) is 5.11 Å². The lowest BCUT2D eigenvalue weighted by Gasteiger charge is -2.13. The first-order valence-corrected chi connectivity index (χ1v) is 5.60. The third kappa shape index (κ3) is 1.65. The quantitative estimate of drug-likeness (QED) is 0.715. The summed E-state index contributed by atoms with van der Waals surface area (Å²) in [6, 6.07) is 3.43. The fourth-order valence-corrected chi connectivity index (χ4v) is 2.37. The number of aromatic nitrogens is 1. The molecule has 3 unspecified atom stereocenters. The summed E-state index contributed by atoms with van der Waals surface area (Å²) in [5.41, 5.74) is 0.952. The van der Waals surface area contributed by atoms with E-state index < -0.39 is 5.97 Å². The minimum Gasteiger partial charge on any atom is -0.481 e. The summed E-state index contributed by atoms with van der Waals surface area (Å²) in [6.07, 6.45) is 2.38. The van der Waals surface area contributed by atoms with Crippen molar-refractivity contribution in [3.8, 4) is 0 Å². The second-order valence-corrected chi connectivity index (χ2v) is 4.53. The van der Waals surface area contributed by atoms with Crippen molar-refractivity contribution < 1.29 is 14.7 Å². The molecule has 2 amide bonds. The molecular formula is C11H13N3O3. The molecule has 2 aliphatic rings. The highest BCUT2D eigenvalue weighted by Gasteiger charge is 2.51. The first-order valence-electron chi connectivity index (χ1n) is 5.60. The number of nitrogens with zero attached hydrogens (tertiary/aromatic N) is 1. The van der Waals surface area contributed by atoms with E-state index in [9.17, 15) is 9.59 Å². The van der Waals surface area contributed by atoms with Gasteiger partial charge in [-0.15, -0.1) is 0 Å². The molecule has 1 aliphatic carbocycles. The monoisotopic (exact) mass is 235 g/mol. The van der Waals surface area contributed by atoms with Crippen molar-refractivity contribution in [2.75, 3.05) is 6.54 Å². The normalized spacial score (nSPS) is 31.4. The van der Waals surface area contributed by atoms with Crippen molar-refractivity contribution in [2.45, 2.75) is 18.5 Å². The summed E-state index contributed by atoms with van der Waals surface area (Å²) in [7, 11) is 0. The molecule has 1 aromatic rings. The molecule has 0 radical (unpaired) electrons. The van der Waals surface area contributed by atoms with E-state index in [1.165, 1.54) is 0 Å². The van der Waals surface area contributed by atoms with Gasteiger partial charge >= 0.3 is 12.0 Å². The van der Waals surface area contributed by atoms with E-state index in [-0.39, 0.29) is 24.0 Å². The molecule has 2 heterocycles. The minimum absolute atomic E-state index is 0.0625. The zero-order chi connectivity index (χ0) is 12.0. The molecule has 3 rings (SSSR count). The fourth-order valence-electron chi connectivity index (χ4n) is 2.37. The van der Waals surface area contributed by atoms with E-state index >= 15 is 0 Å². The molecular weight excluding hydrogens is 222 g/mol. The molecule has 0 aromatic carbocycles. The maximum absolute atomic E-state index is 11.7. The van der Waals surface area contributed by atoms with Gasteiger partial charge in [0.05, 0.1) is 12.0 Å². The third-order valence-corrected chi connectivity index (χ3v) is 3.41. The maximum Gasteiger partial charge on any atom is 0.318 e. The second-order valence-electron chi connectivity index (χ2n) is 4.53. The van der Waals surface area contributed by atoms with Crippen LogP contribution in [0, 0.1) is 5.92 Å². The Labute approximate surface area is 97.6 Å². The van der Waals surface area contributed by atoms with Crippen LogP contribution in [0.25, 0.3) is 0 Å². The average Bonchev–Trinajstić information content (AvgIpc) is 2.73. The summed E-state index contributed by atoms with van der Waals surface area (Å²) in [4.78, 5) is 27.2. The Morgan fingerprint density at radius 2 is 2.35 bits per heavy atom. The van der Waals surface area contributed by atoms with Crippen molar-refractivity contribution in [3.63, 3.8) is 0 Å². The Hall–Kier alpha value is -1.98. The van der Waals surface area contributed by atoms with Gasteiger partial charge in [0.2, 0.25) is 0 Å². The van der Waals surface area contributed by atoms with E-state index in [1.807, 2.05) is 12.1 Å². The van der Waals surface area contributed by atoms with Crippen LogP contribution in [0.2, 0.25) is 0 Å². The van der Waals surface area contributed by atoms with Crippen LogP contribution in [0.4, 0.5) is 4.79 Å². The number of carbonyl (C=O) groups excluding carboxylic acids is 1. The van der Waals surface area contributed by atoms with Gasteiger partial charge in [-0.1, -0.05) is 0 Å². The highest BCUT2D eigenvalue weighted by molar-refractivity contribution is 5.81. The van der Waals surface area contributed by atoms with Gasteiger partial charge in [0.1, 0.15) is 0 Å². The number of hydrogen-bond donors (Lipinski definition) is 3. The summed E-state index contributed by atoms with van der Waals surface area (Å²) >= 11 is 0. The van der Waals surface area contributed by atoms with Crippen molar-refractivity contribution in [2.24, 2.45) is 5.92 Å². The molecule has 3 N–H and O–H groups in total. The molecule has 0 bridgehead atoms. The van der Waals surface area contributed by atoms with Crippen LogP contribution in [0.3, 0.4) is 0 Å². The molecule has 17 heavy (non-hydrogen) atoms. The largest absolute Gasteiger partial charge is 0.481 e. The molecule has 3 atom stereocenters. The average molecular weight is 235 g/mol. The van der Waals surface area contributed by atoms with Gasteiger partial charge < -0.3 is 20.3 Å². The Morgan fingerprint density at radius 1 is 1.53 bits per heavy atom. The zero-order valence-corrected chi connectivity index (χ0v) is 9.09. The number of carboxylic acid groups (broad SMARTS) is 1. The highest BCUT2D eigenvalue weighted by atomic mass is 16.4. The molecule has 1 saturated carbocycles. The van der Waals surface area contributed by atoms with Gasteiger partial charge in [-0.25, -0.2) is 4.79 Å². The lowest BCUT2D eigenvalue weighted by molar-refractivity contribution is -0.138. The number of nitrogens with one attached hydrogen (secondary N) is 2. The summed E-state index contributed by atoms with van der Waals surface area (Å²) in [5.74, 6) is -1.20. The predicted octanol–water partition coefficient (Wildman–Crippen LogP) is 0.554. The number of aromatic amines is 1. The minimum atomic E-state index is -0.814. The number of aliphatic carboxylic acids is 1. The van der Waals surface area contributed by atoms with Crippen LogP contribution in [-0.2, 0) is 4.79 Å². The smallest absolute Gasteiger partial charge is 0.318 e. The van der Waals surface area contributed by atoms with Crippen molar-refractivity contribution >= 4 is 12.0 Å². The maximum atomic E-state index is 11.7. The van der Waals surface area contributed by atoms with E-state index in [1.54, 1.807) is 11.1 Å². The molecule has 90 valence electrons. The van der Waals surface area contributed by atoms with Crippen LogP contribution in [0.15, 0.2) is 18.3 Å². The molecule has 2 fully saturated rings. The first-order chi connectivity index (χ1) is 8.16. The van der Waals surface area contributed by atoms with Gasteiger partial charge in [-0.05, 0) is 18.6 Å². The van der Waals surface area contributed by atoms with Crippen LogP contribution < -0.4 is 5.32 Å². The number of carboxylic acids is 1. The summed E-state index contributed by atoms with van der Waals surface area (Å²) in [6.45, 7) is 0.536. The Morgan fingerprint density at radius 3 is 2.94 bits per heavy atom. The summed E-state index contributed by atoms with van der Waals surface area (Å²) < 4.78 is 0. The Kier molecular flexibility index (Phi) is 2.10. The van der Waals surface area contributed by atoms with Crippen LogP contribution in [-0.4, -0.2) is 39.6 Å². The predicted molar refractivity (Wildman–Crippen MR) is 58.3 cm³/mol. The first kappa shape index (κ1) is 10.2. The summed E-state index contributed by atoms with van der Waals surface area (Å²) in [5, 5.41) is 11.7. The lowest BCUT2D eigenvalue weighted by Crippen LogP contribution is -2.32. The van der Waals surface area contributed by atoms with Crippen LogP contribution >= 0.6 is 0 Å². The lowest BCUT2D eigenvalue weighted by atomic mass is 10.2. The topological polar surface area (TPSA) is 85.4 Å². The van der Waals surface area contributed by atoms with E-state index in [2.05, 4.69) is 10.3 Å². The number of rotatable bonds is 3. The van der Waals surface area contributed by atoms with Crippen molar-refractivity contribution in [1.82, 2.24) is 15.2 Å². The van der Waals surface area contributed by atoms with Crippen LogP contribution in [0.1, 0.15) is 18.2 Å². The van der Waals surface area contributed by atoms with Gasteiger partial charge in [-0.2, -0.15) is 0 Å². The van der Waals surface area contributed by atoms with Crippen molar-refractivity contribution in [3.05, 3.63) is 24.0 Å². The SMILES string of the molecule is O=C(O)C1CC1N1CC(c2ccc[nH]2)NC1=O. The van der Waals surface area contributed by atoms with E-state index in [0.29, 0.717) is 13.0 Å².